The van der Waals surface area contributed by atoms with Crippen LogP contribution in [0.15, 0.2) is 0 Å². The minimum atomic E-state index is -2.78. The summed E-state index contributed by atoms with van der Waals surface area (Å²) in [6.45, 7) is 7.28. The van der Waals surface area contributed by atoms with Crippen molar-refractivity contribution >= 4 is 9.84 Å². The van der Waals surface area contributed by atoms with Crippen LogP contribution in [0.1, 0.15) is 52.9 Å². The molecular formula is C14H29NO2S. The lowest BCUT2D eigenvalue weighted by molar-refractivity contribution is 0.363. The third kappa shape index (κ3) is 7.37. The predicted molar refractivity (Wildman–Crippen MR) is 77.5 cm³/mol. The number of hydrogen-bond acceptors (Lipinski definition) is 3. The number of rotatable bonds is 10. The molecule has 1 unspecified atom stereocenters. The van der Waals surface area contributed by atoms with Crippen molar-refractivity contribution in [1.29, 1.82) is 0 Å². The van der Waals surface area contributed by atoms with E-state index in [-0.39, 0.29) is 5.75 Å². The molecule has 0 aromatic heterocycles. The first-order valence-electron chi connectivity index (χ1n) is 7.36. The normalized spacial score (nSPS) is 18.2. The van der Waals surface area contributed by atoms with Crippen molar-refractivity contribution in [3.05, 3.63) is 0 Å². The molecule has 1 rings (SSSR count). The van der Waals surface area contributed by atoms with Crippen LogP contribution in [-0.4, -0.2) is 32.5 Å². The van der Waals surface area contributed by atoms with Gasteiger partial charge < -0.3 is 5.32 Å². The van der Waals surface area contributed by atoms with Gasteiger partial charge >= 0.3 is 0 Å². The molecule has 0 spiro atoms. The molecule has 1 saturated carbocycles. The zero-order valence-corrected chi connectivity index (χ0v) is 12.9. The highest BCUT2D eigenvalue weighted by atomic mass is 32.2. The van der Waals surface area contributed by atoms with Gasteiger partial charge in [0.15, 0.2) is 0 Å². The van der Waals surface area contributed by atoms with Crippen LogP contribution in [0.25, 0.3) is 0 Å². The maximum absolute atomic E-state index is 11.5. The second-order valence-electron chi connectivity index (χ2n) is 6.06. The number of sulfone groups is 1. The van der Waals surface area contributed by atoms with Crippen molar-refractivity contribution in [2.45, 2.75) is 58.9 Å². The first kappa shape index (κ1) is 16.0. The molecule has 1 atom stereocenters. The van der Waals surface area contributed by atoms with Crippen LogP contribution < -0.4 is 5.32 Å². The number of hydrogen-bond donors (Lipinski definition) is 1. The van der Waals surface area contributed by atoms with Crippen LogP contribution in [0.5, 0.6) is 0 Å². The lowest BCUT2D eigenvalue weighted by Crippen LogP contribution is -2.26. The molecule has 0 saturated heterocycles. The average molecular weight is 275 g/mol. The van der Waals surface area contributed by atoms with Gasteiger partial charge in [-0.1, -0.05) is 20.8 Å². The summed E-state index contributed by atoms with van der Waals surface area (Å²) in [7, 11) is -2.78. The maximum atomic E-state index is 11.5. The monoisotopic (exact) mass is 275 g/mol. The molecule has 0 radical (unpaired) electrons. The van der Waals surface area contributed by atoms with E-state index in [1.165, 1.54) is 19.3 Å². The van der Waals surface area contributed by atoms with Crippen LogP contribution in [0.3, 0.4) is 0 Å². The summed E-state index contributed by atoms with van der Waals surface area (Å²) in [6.07, 6.45) is 5.69. The van der Waals surface area contributed by atoms with Gasteiger partial charge in [0.1, 0.15) is 9.84 Å². The minimum Gasteiger partial charge on any atom is -0.314 e. The van der Waals surface area contributed by atoms with E-state index in [1.54, 1.807) is 6.92 Å². The van der Waals surface area contributed by atoms with E-state index in [2.05, 4.69) is 19.2 Å². The van der Waals surface area contributed by atoms with E-state index in [4.69, 9.17) is 0 Å². The molecular weight excluding hydrogens is 246 g/mol. The molecule has 0 aliphatic heterocycles. The molecule has 0 bridgehead atoms. The molecule has 4 heteroatoms. The predicted octanol–water partition coefficient (Wildman–Crippen LogP) is 2.62. The number of nitrogens with one attached hydrogen (secondary N) is 1. The Morgan fingerprint density at radius 1 is 1.28 bits per heavy atom. The molecule has 0 aromatic carbocycles. The third-order valence-corrected chi connectivity index (χ3v) is 5.38. The molecule has 0 heterocycles. The summed E-state index contributed by atoms with van der Waals surface area (Å²) in [5.41, 5.74) is 0. The summed E-state index contributed by atoms with van der Waals surface area (Å²) in [5, 5.41) is 3.57. The lowest BCUT2D eigenvalue weighted by Gasteiger charge is -2.19. The van der Waals surface area contributed by atoms with E-state index >= 15 is 0 Å². The molecule has 1 N–H and O–H groups in total. The van der Waals surface area contributed by atoms with Crippen LogP contribution in [-0.2, 0) is 9.84 Å². The zero-order chi connectivity index (χ0) is 13.6. The van der Waals surface area contributed by atoms with Crippen molar-refractivity contribution in [1.82, 2.24) is 5.32 Å². The lowest BCUT2D eigenvalue weighted by atomic mass is 9.93. The fourth-order valence-corrected chi connectivity index (χ4v) is 3.22. The Kier molecular flexibility index (Phi) is 6.64. The summed E-state index contributed by atoms with van der Waals surface area (Å²) in [5.74, 6) is 1.97. The van der Waals surface area contributed by atoms with Crippen LogP contribution >= 0.6 is 0 Å². The van der Waals surface area contributed by atoms with E-state index in [1.807, 2.05) is 0 Å². The first-order chi connectivity index (χ1) is 8.43. The molecule has 1 fully saturated rings. The van der Waals surface area contributed by atoms with Gasteiger partial charge in [0.2, 0.25) is 0 Å². The van der Waals surface area contributed by atoms with Crippen LogP contribution in [0.4, 0.5) is 0 Å². The van der Waals surface area contributed by atoms with Gasteiger partial charge in [-0.2, -0.15) is 0 Å². The molecule has 1 aliphatic rings. The summed E-state index contributed by atoms with van der Waals surface area (Å²) < 4.78 is 22.9. The Morgan fingerprint density at radius 3 is 2.44 bits per heavy atom. The maximum Gasteiger partial charge on any atom is 0.150 e. The summed E-state index contributed by atoms with van der Waals surface area (Å²) >= 11 is 0. The van der Waals surface area contributed by atoms with Crippen LogP contribution in [0, 0.1) is 11.8 Å². The second-order valence-corrected chi connectivity index (χ2v) is 8.53. The Bertz CT molecular complexity index is 321. The van der Waals surface area contributed by atoms with Gasteiger partial charge in [0.25, 0.3) is 0 Å². The largest absolute Gasteiger partial charge is 0.314 e. The molecule has 18 heavy (non-hydrogen) atoms. The molecule has 0 aromatic rings. The fourth-order valence-electron chi connectivity index (χ4n) is 2.33. The average Bonchev–Trinajstić information content (AvgIpc) is 3.08. The van der Waals surface area contributed by atoms with E-state index in [0.717, 1.165) is 25.4 Å². The quantitative estimate of drug-likeness (QED) is 0.666. The summed E-state index contributed by atoms with van der Waals surface area (Å²) in [6, 6.07) is 0.749. The highest BCUT2D eigenvalue weighted by molar-refractivity contribution is 7.91. The van der Waals surface area contributed by atoms with Gasteiger partial charge in [0, 0.05) is 11.8 Å². The van der Waals surface area contributed by atoms with Crippen molar-refractivity contribution < 1.29 is 8.42 Å². The third-order valence-electron chi connectivity index (χ3n) is 3.58. The molecule has 1 aliphatic carbocycles. The van der Waals surface area contributed by atoms with Crippen molar-refractivity contribution in [2.24, 2.45) is 11.8 Å². The zero-order valence-electron chi connectivity index (χ0n) is 12.1. The van der Waals surface area contributed by atoms with Crippen LogP contribution in [0.2, 0.25) is 0 Å². The second kappa shape index (κ2) is 7.49. The SMILES string of the molecule is CCS(=O)(=O)CCCC(CNC1CC1)CC(C)C. The van der Waals surface area contributed by atoms with E-state index < -0.39 is 9.84 Å². The topological polar surface area (TPSA) is 46.2 Å². The van der Waals surface area contributed by atoms with Gasteiger partial charge in [-0.15, -0.1) is 0 Å². The highest BCUT2D eigenvalue weighted by Gasteiger charge is 2.22. The Balaban J connectivity index is 2.25. The smallest absolute Gasteiger partial charge is 0.150 e. The molecule has 3 nitrogen and oxygen atoms in total. The summed E-state index contributed by atoms with van der Waals surface area (Å²) in [4.78, 5) is 0. The van der Waals surface area contributed by atoms with Gasteiger partial charge in [-0.25, -0.2) is 8.42 Å². The van der Waals surface area contributed by atoms with Crippen molar-refractivity contribution in [3.63, 3.8) is 0 Å². The van der Waals surface area contributed by atoms with E-state index in [0.29, 0.717) is 17.6 Å². The van der Waals surface area contributed by atoms with Gasteiger partial charge in [-0.05, 0) is 50.5 Å². The Morgan fingerprint density at radius 2 is 1.94 bits per heavy atom. The first-order valence-corrected chi connectivity index (χ1v) is 9.19. The highest BCUT2D eigenvalue weighted by Crippen LogP contribution is 2.22. The molecule has 108 valence electrons. The van der Waals surface area contributed by atoms with Crippen molar-refractivity contribution in [2.75, 3.05) is 18.1 Å². The fraction of sp³-hybridized carbons (Fsp3) is 1.00. The van der Waals surface area contributed by atoms with Gasteiger partial charge in [-0.3, -0.25) is 0 Å². The van der Waals surface area contributed by atoms with E-state index in [9.17, 15) is 8.42 Å². The minimum absolute atomic E-state index is 0.280. The van der Waals surface area contributed by atoms with Crippen molar-refractivity contribution in [3.8, 4) is 0 Å². The molecule has 0 amide bonds. The van der Waals surface area contributed by atoms with Gasteiger partial charge in [0.05, 0.1) is 5.75 Å². The Labute approximate surface area is 113 Å². The Hall–Kier alpha value is -0.0900. The standard InChI is InChI=1S/C14H29NO2S/c1-4-18(16,17)9-5-6-13(10-12(2)3)11-15-14-7-8-14/h12-15H,4-11H2,1-3H3.